The first-order valence-corrected chi connectivity index (χ1v) is 8.48. The molecule has 7 nitrogen and oxygen atoms in total. The summed E-state index contributed by atoms with van der Waals surface area (Å²) in [7, 11) is -2.10. The molecule has 11 heteroatoms. The number of rotatable bonds is 4. The standard InChI is InChI=1S/C14H16F3NO6S/c1-23-10-6-12(13(20)24-2)18(7-10)25(21,22)11-4-8(14(15,16)17)3-9(19)5-11/h3-5,10,12,19H,6-7H2,1-2H3/t10-,12+/m1/s1. The molecule has 1 heterocycles. The lowest BCUT2D eigenvalue weighted by Crippen LogP contribution is -2.41. The van der Waals surface area contributed by atoms with Crippen molar-refractivity contribution in [1.82, 2.24) is 4.31 Å². The molecule has 0 bridgehead atoms. The van der Waals surface area contributed by atoms with Gasteiger partial charge in [0.05, 0.1) is 23.7 Å². The summed E-state index contributed by atoms with van der Waals surface area (Å²) in [5.74, 6) is -1.70. The molecule has 0 aromatic heterocycles. The maximum Gasteiger partial charge on any atom is 0.416 e. The van der Waals surface area contributed by atoms with E-state index in [0.29, 0.717) is 18.2 Å². The van der Waals surface area contributed by atoms with Crippen LogP contribution < -0.4 is 0 Å². The summed E-state index contributed by atoms with van der Waals surface area (Å²) in [6.45, 7) is -0.227. The highest BCUT2D eigenvalue weighted by Crippen LogP contribution is 2.35. The molecule has 0 spiro atoms. The number of alkyl halides is 3. The van der Waals surface area contributed by atoms with E-state index in [1.807, 2.05) is 0 Å². The largest absolute Gasteiger partial charge is 0.508 e. The van der Waals surface area contributed by atoms with Crippen LogP contribution in [0.4, 0.5) is 13.2 Å². The number of aromatic hydroxyl groups is 1. The third-order valence-electron chi connectivity index (χ3n) is 3.85. The van der Waals surface area contributed by atoms with Crippen molar-refractivity contribution < 1.29 is 41.0 Å². The zero-order valence-electron chi connectivity index (χ0n) is 13.3. The van der Waals surface area contributed by atoms with Gasteiger partial charge in [0.1, 0.15) is 11.8 Å². The molecule has 0 saturated carbocycles. The number of esters is 1. The van der Waals surface area contributed by atoms with Crippen LogP contribution in [0.5, 0.6) is 5.75 Å². The summed E-state index contributed by atoms with van der Waals surface area (Å²) < 4.78 is 74.5. The summed E-state index contributed by atoms with van der Waals surface area (Å²) in [5.41, 5.74) is -1.32. The molecule has 1 aliphatic rings. The normalized spacial score (nSPS) is 22.1. The van der Waals surface area contributed by atoms with E-state index in [2.05, 4.69) is 4.74 Å². The van der Waals surface area contributed by atoms with Gasteiger partial charge < -0.3 is 14.6 Å². The fraction of sp³-hybridized carbons (Fsp3) is 0.500. The van der Waals surface area contributed by atoms with Crippen molar-refractivity contribution in [2.45, 2.75) is 29.6 Å². The molecular formula is C14H16F3NO6S. The first-order valence-electron chi connectivity index (χ1n) is 7.04. The summed E-state index contributed by atoms with van der Waals surface area (Å²) in [4.78, 5) is 11.1. The third-order valence-corrected chi connectivity index (χ3v) is 5.70. The lowest BCUT2D eigenvalue weighted by atomic mass is 10.2. The molecule has 0 radical (unpaired) electrons. The molecule has 2 atom stereocenters. The van der Waals surface area contributed by atoms with Crippen molar-refractivity contribution in [2.75, 3.05) is 20.8 Å². The zero-order valence-corrected chi connectivity index (χ0v) is 14.1. The second kappa shape index (κ2) is 6.81. The molecule has 1 fully saturated rings. The quantitative estimate of drug-likeness (QED) is 0.790. The van der Waals surface area contributed by atoms with Gasteiger partial charge >= 0.3 is 12.1 Å². The van der Waals surface area contributed by atoms with Gasteiger partial charge in [-0.15, -0.1) is 0 Å². The minimum Gasteiger partial charge on any atom is -0.508 e. The van der Waals surface area contributed by atoms with Crippen LogP contribution in [0.25, 0.3) is 0 Å². The Morgan fingerprint density at radius 3 is 2.44 bits per heavy atom. The summed E-state index contributed by atoms with van der Waals surface area (Å²) in [5, 5.41) is 9.48. The van der Waals surface area contributed by atoms with E-state index < -0.39 is 50.5 Å². The molecule has 140 valence electrons. The SMILES string of the molecule is COC(=O)[C@@H]1C[C@@H](OC)CN1S(=O)(=O)c1cc(O)cc(C(F)(F)F)c1. The summed E-state index contributed by atoms with van der Waals surface area (Å²) in [6.07, 6.45) is -5.45. The molecule has 2 rings (SSSR count). The van der Waals surface area contributed by atoms with Crippen LogP contribution in [0, 0.1) is 0 Å². The number of ether oxygens (including phenoxy) is 2. The summed E-state index contributed by atoms with van der Waals surface area (Å²) in [6, 6.07) is 0.290. The smallest absolute Gasteiger partial charge is 0.416 e. The van der Waals surface area contributed by atoms with Crippen LogP contribution >= 0.6 is 0 Å². The molecule has 0 amide bonds. The van der Waals surface area contributed by atoms with Crippen LogP contribution in [-0.2, 0) is 30.5 Å². The molecule has 1 aromatic carbocycles. The van der Waals surface area contributed by atoms with Crippen LogP contribution in [0.1, 0.15) is 12.0 Å². The average molecular weight is 383 g/mol. The van der Waals surface area contributed by atoms with Crippen LogP contribution in [-0.4, -0.2) is 56.7 Å². The molecule has 0 unspecified atom stereocenters. The van der Waals surface area contributed by atoms with Crippen molar-refractivity contribution in [3.05, 3.63) is 23.8 Å². The lowest BCUT2D eigenvalue weighted by Gasteiger charge is -2.22. The van der Waals surface area contributed by atoms with Gasteiger partial charge in [-0.05, 0) is 18.2 Å². The number of sulfonamides is 1. The van der Waals surface area contributed by atoms with E-state index in [4.69, 9.17) is 4.74 Å². The van der Waals surface area contributed by atoms with Gasteiger partial charge in [0.25, 0.3) is 0 Å². The predicted molar refractivity (Wildman–Crippen MR) is 78.2 cm³/mol. The minimum atomic E-state index is -4.84. The number of nitrogens with zero attached hydrogens (tertiary/aromatic N) is 1. The maximum atomic E-state index is 12.9. The number of carbonyl (C=O) groups is 1. The number of phenolic OH excluding ortho intramolecular Hbond substituents is 1. The van der Waals surface area contributed by atoms with E-state index >= 15 is 0 Å². The fourth-order valence-electron chi connectivity index (χ4n) is 2.59. The first kappa shape index (κ1) is 19.5. The van der Waals surface area contributed by atoms with Crippen LogP contribution in [0.3, 0.4) is 0 Å². The van der Waals surface area contributed by atoms with Gasteiger partial charge in [-0.2, -0.15) is 17.5 Å². The van der Waals surface area contributed by atoms with Gasteiger partial charge in [-0.3, -0.25) is 4.79 Å². The average Bonchev–Trinajstić information content (AvgIpc) is 2.98. The Kier molecular flexibility index (Phi) is 5.30. The Hall–Kier alpha value is -1.85. The second-order valence-electron chi connectivity index (χ2n) is 5.42. The Morgan fingerprint density at radius 1 is 1.28 bits per heavy atom. The summed E-state index contributed by atoms with van der Waals surface area (Å²) >= 11 is 0. The highest BCUT2D eigenvalue weighted by Gasteiger charge is 2.45. The van der Waals surface area contributed by atoms with Gasteiger partial charge in [0, 0.05) is 20.1 Å². The predicted octanol–water partition coefficient (Wildman–Crippen LogP) is 1.36. The maximum absolute atomic E-state index is 12.9. The number of hydrogen-bond acceptors (Lipinski definition) is 6. The molecule has 1 aromatic rings. The van der Waals surface area contributed by atoms with E-state index in [1.165, 1.54) is 7.11 Å². The van der Waals surface area contributed by atoms with Crippen LogP contribution in [0.15, 0.2) is 23.1 Å². The van der Waals surface area contributed by atoms with Crippen molar-refractivity contribution in [3.8, 4) is 5.75 Å². The van der Waals surface area contributed by atoms with Gasteiger partial charge in [-0.1, -0.05) is 0 Å². The Bertz CT molecular complexity index is 764. The number of hydrogen-bond donors (Lipinski definition) is 1. The lowest BCUT2D eigenvalue weighted by molar-refractivity contribution is -0.144. The second-order valence-corrected chi connectivity index (χ2v) is 7.31. The van der Waals surface area contributed by atoms with Crippen molar-refractivity contribution >= 4 is 16.0 Å². The monoisotopic (exact) mass is 383 g/mol. The highest BCUT2D eigenvalue weighted by atomic mass is 32.2. The zero-order chi connectivity index (χ0) is 19.0. The highest BCUT2D eigenvalue weighted by molar-refractivity contribution is 7.89. The van der Waals surface area contributed by atoms with Crippen LogP contribution in [0.2, 0.25) is 0 Å². The van der Waals surface area contributed by atoms with Crippen molar-refractivity contribution in [2.24, 2.45) is 0 Å². The fourth-order valence-corrected chi connectivity index (χ4v) is 4.27. The van der Waals surface area contributed by atoms with Gasteiger partial charge in [0.2, 0.25) is 10.0 Å². The number of carbonyl (C=O) groups excluding carboxylic acids is 1. The van der Waals surface area contributed by atoms with E-state index in [-0.39, 0.29) is 13.0 Å². The van der Waals surface area contributed by atoms with Gasteiger partial charge in [0.15, 0.2) is 0 Å². The number of benzene rings is 1. The van der Waals surface area contributed by atoms with Gasteiger partial charge in [-0.25, -0.2) is 8.42 Å². The van der Waals surface area contributed by atoms with E-state index in [9.17, 15) is 31.5 Å². The molecule has 0 aliphatic carbocycles. The third kappa shape index (κ3) is 3.88. The molecule has 1 saturated heterocycles. The molecule has 25 heavy (non-hydrogen) atoms. The number of methoxy groups -OCH3 is 2. The Labute approximate surface area is 142 Å². The number of halogens is 3. The topological polar surface area (TPSA) is 93.1 Å². The molecule has 1 aliphatic heterocycles. The van der Waals surface area contributed by atoms with Crippen molar-refractivity contribution in [3.63, 3.8) is 0 Å². The van der Waals surface area contributed by atoms with E-state index in [1.54, 1.807) is 0 Å². The Balaban J connectivity index is 2.50. The molecular weight excluding hydrogens is 367 g/mol. The minimum absolute atomic E-state index is 0.00729. The Morgan fingerprint density at radius 2 is 1.92 bits per heavy atom. The molecule has 1 N–H and O–H groups in total. The van der Waals surface area contributed by atoms with Crippen molar-refractivity contribution in [1.29, 1.82) is 0 Å². The first-order chi connectivity index (χ1) is 11.5. The number of phenols is 1. The van der Waals surface area contributed by atoms with E-state index in [0.717, 1.165) is 11.4 Å².